The van der Waals surface area contributed by atoms with Crippen LogP contribution in [0.2, 0.25) is 0 Å². The van der Waals surface area contributed by atoms with Crippen molar-refractivity contribution in [3.8, 4) is 0 Å². The van der Waals surface area contributed by atoms with Crippen LogP contribution in [-0.2, 0) is 0 Å². The van der Waals surface area contributed by atoms with Crippen LogP contribution in [0.5, 0.6) is 0 Å². The van der Waals surface area contributed by atoms with Crippen LogP contribution in [0.15, 0.2) is 18.0 Å². The van der Waals surface area contributed by atoms with Gasteiger partial charge in [-0.25, -0.2) is 0 Å². The first kappa shape index (κ1) is 8.83. The summed E-state index contributed by atoms with van der Waals surface area (Å²) in [6.07, 6.45) is 5.62. The second-order valence-electron chi connectivity index (χ2n) is 4.16. The summed E-state index contributed by atoms with van der Waals surface area (Å²) in [7, 11) is 0. The molecule has 3 rings (SSSR count). The number of nitrogens with zero attached hydrogens (tertiary/aromatic N) is 2. The first-order chi connectivity index (χ1) is 7.45. The van der Waals surface area contributed by atoms with Crippen LogP contribution >= 0.6 is 0 Å². The van der Waals surface area contributed by atoms with Gasteiger partial charge in [0.05, 0.1) is 11.4 Å². The lowest BCUT2D eigenvalue weighted by molar-refractivity contribution is 0.419. The molecule has 0 unspecified atom stereocenters. The van der Waals surface area contributed by atoms with Crippen LogP contribution in [0.1, 0.15) is 25.0 Å². The zero-order valence-corrected chi connectivity index (χ0v) is 8.79. The molecule has 4 nitrogen and oxygen atoms in total. The number of likely N-dealkylation sites (tertiary alicyclic amines) is 1. The minimum absolute atomic E-state index is 1.06. The maximum absolute atomic E-state index is 4.01. The molecule has 0 bridgehead atoms. The zero-order chi connectivity index (χ0) is 10.1. The minimum Gasteiger partial charge on any atom is -0.382 e. The predicted molar refractivity (Wildman–Crippen MR) is 58.9 cm³/mol. The van der Waals surface area contributed by atoms with Gasteiger partial charge in [-0.15, -0.1) is 0 Å². The molecule has 1 aromatic rings. The van der Waals surface area contributed by atoms with Gasteiger partial charge in [0.15, 0.2) is 0 Å². The Morgan fingerprint density at radius 2 is 2.13 bits per heavy atom. The molecular weight excluding hydrogens is 188 g/mol. The summed E-state index contributed by atoms with van der Waals surface area (Å²) in [6, 6.07) is 2.03. The minimum atomic E-state index is 1.06. The number of rotatable bonds is 2. The summed E-state index contributed by atoms with van der Waals surface area (Å²) >= 11 is 0. The number of hydrogen-bond donors (Lipinski definition) is 2. The third kappa shape index (κ3) is 1.50. The van der Waals surface area contributed by atoms with Crippen molar-refractivity contribution < 1.29 is 0 Å². The van der Waals surface area contributed by atoms with Crippen molar-refractivity contribution in [1.29, 1.82) is 0 Å². The highest BCUT2D eigenvalue weighted by atomic mass is 15.2. The Bertz CT molecular complexity index is 360. The van der Waals surface area contributed by atoms with Gasteiger partial charge in [0.25, 0.3) is 0 Å². The van der Waals surface area contributed by atoms with E-state index in [4.69, 9.17) is 0 Å². The lowest BCUT2D eigenvalue weighted by atomic mass is 10.2. The quantitative estimate of drug-likeness (QED) is 0.760. The van der Waals surface area contributed by atoms with E-state index >= 15 is 0 Å². The average Bonchev–Trinajstić information content (AvgIpc) is 3.01. The van der Waals surface area contributed by atoms with Gasteiger partial charge in [-0.2, -0.15) is 5.10 Å². The van der Waals surface area contributed by atoms with Crippen molar-refractivity contribution >= 4 is 5.70 Å². The van der Waals surface area contributed by atoms with E-state index in [0.29, 0.717) is 0 Å². The van der Waals surface area contributed by atoms with Crippen molar-refractivity contribution in [3.63, 3.8) is 0 Å². The molecule has 2 N–H and O–H groups in total. The molecule has 2 aliphatic rings. The number of aromatic amines is 1. The SMILES string of the molecule is c1cc(C2=C(N3CCCC3)CCN2)[nH]n1. The van der Waals surface area contributed by atoms with Crippen molar-refractivity contribution in [2.75, 3.05) is 19.6 Å². The second-order valence-corrected chi connectivity index (χ2v) is 4.16. The third-order valence-electron chi connectivity index (χ3n) is 3.21. The van der Waals surface area contributed by atoms with Crippen LogP contribution in [0.25, 0.3) is 5.70 Å². The number of nitrogens with one attached hydrogen (secondary N) is 2. The van der Waals surface area contributed by atoms with E-state index in [9.17, 15) is 0 Å². The number of H-pyrrole nitrogens is 1. The first-order valence-electron chi connectivity index (χ1n) is 5.67. The monoisotopic (exact) mass is 204 g/mol. The summed E-state index contributed by atoms with van der Waals surface area (Å²) < 4.78 is 0. The van der Waals surface area contributed by atoms with E-state index < -0.39 is 0 Å². The molecule has 3 heterocycles. The van der Waals surface area contributed by atoms with Gasteiger partial charge < -0.3 is 10.2 Å². The van der Waals surface area contributed by atoms with Crippen molar-refractivity contribution in [2.45, 2.75) is 19.3 Å². The normalized spacial score (nSPS) is 21.2. The average molecular weight is 204 g/mol. The van der Waals surface area contributed by atoms with E-state index in [1.54, 1.807) is 0 Å². The maximum Gasteiger partial charge on any atom is 0.0827 e. The van der Waals surface area contributed by atoms with E-state index in [1.165, 1.54) is 37.3 Å². The Balaban J connectivity index is 1.93. The van der Waals surface area contributed by atoms with Gasteiger partial charge in [-0.1, -0.05) is 0 Å². The molecule has 1 saturated heterocycles. The Kier molecular flexibility index (Phi) is 2.12. The highest BCUT2D eigenvalue weighted by Crippen LogP contribution is 2.27. The molecule has 80 valence electrons. The molecule has 1 fully saturated rings. The summed E-state index contributed by atoms with van der Waals surface area (Å²) in [5.74, 6) is 0. The summed E-state index contributed by atoms with van der Waals surface area (Å²) in [5, 5.41) is 10.5. The van der Waals surface area contributed by atoms with Gasteiger partial charge in [0.2, 0.25) is 0 Å². The molecule has 1 aromatic heterocycles. The molecule has 0 radical (unpaired) electrons. The third-order valence-corrected chi connectivity index (χ3v) is 3.21. The van der Waals surface area contributed by atoms with Crippen LogP contribution in [0.3, 0.4) is 0 Å². The zero-order valence-electron chi connectivity index (χ0n) is 8.79. The van der Waals surface area contributed by atoms with Crippen LogP contribution < -0.4 is 5.32 Å². The Labute approximate surface area is 89.4 Å². The molecule has 0 aliphatic carbocycles. The van der Waals surface area contributed by atoms with Crippen molar-refractivity contribution in [2.24, 2.45) is 0 Å². The molecule has 0 aromatic carbocycles. The van der Waals surface area contributed by atoms with Gasteiger partial charge in [0, 0.05) is 37.9 Å². The van der Waals surface area contributed by atoms with Crippen LogP contribution in [0, 0.1) is 0 Å². The summed E-state index contributed by atoms with van der Waals surface area (Å²) in [6.45, 7) is 3.49. The molecule has 2 aliphatic heterocycles. The van der Waals surface area contributed by atoms with Gasteiger partial charge >= 0.3 is 0 Å². The summed E-state index contributed by atoms with van der Waals surface area (Å²) in [5.41, 5.74) is 3.85. The van der Waals surface area contributed by atoms with E-state index in [2.05, 4.69) is 20.4 Å². The fourth-order valence-corrected chi connectivity index (χ4v) is 2.48. The standard InChI is InChI=1S/C11H16N4/c1-2-8-15(7-1)10-4-5-12-11(10)9-3-6-13-14-9/h3,6,12H,1-2,4-5,7-8H2,(H,13,14). The maximum atomic E-state index is 4.01. The topological polar surface area (TPSA) is 44.0 Å². The van der Waals surface area contributed by atoms with E-state index in [1.807, 2.05) is 12.3 Å². The van der Waals surface area contributed by atoms with E-state index in [-0.39, 0.29) is 0 Å². The van der Waals surface area contributed by atoms with Gasteiger partial charge in [-0.3, -0.25) is 5.10 Å². The molecule has 0 saturated carbocycles. The molecule has 0 spiro atoms. The lowest BCUT2D eigenvalue weighted by Crippen LogP contribution is -2.18. The molecular formula is C11H16N4. The van der Waals surface area contributed by atoms with Crippen molar-refractivity contribution in [3.05, 3.63) is 23.7 Å². The predicted octanol–water partition coefficient (Wildman–Crippen LogP) is 1.17. The Morgan fingerprint density at radius 3 is 2.87 bits per heavy atom. The van der Waals surface area contributed by atoms with Crippen molar-refractivity contribution in [1.82, 2.24) is 20.4 Å². The van der Waals surface area contributed by atoms with E-state index in [0.717, 1.165) is 18.7 Å². The fraction of sp³-hybridized carbons (Fsp3) is 0.545. The van der Waals surface area contributed by atoms with Gasteiger partial charge in [0.1, 0.15) is 0 Å². The lowest BCUT2D eigenvalue weighted by Gasteiger charge is -2.19. The molecule has 0 atom stereocenters. The highest BCUT2D eigenvalue weighted by molar-refractivity contribution is 5.65. The number of aromatic nitrogens is 2. The second kappa shape index (κ2) is 3.61. The molecule has 15 heavy (non-hydrogen) atoms. The molecule has 0 amide bonds. The highest BCUT2D eigenvalue weighted by Gasteiger charge is 2.23. The van der Waals surface area contributed by atoms with Gasteiger partial charge in [-0.05, 0) is 18.9 Å². The fourth-order valence-electron chi connectivity index (χ4n) is 2.48. The largest absolute Gasteiger partial charge is 0.382 e. The Morgan fingerprint density at radius 1 is 1.27 bits per heavy atom. The van der Waals surface area contributed by atoms with Crippen LogP contribution in [0.4, 0.5) is 0 Å². The smallest absolute Gasteiger partial charge is 0.0827 e. The first-order valence-corrected chi connectivity index (χ1v) is 5.67. The number of hydrogen-bond acceptors (Lipinski definition) is 3. The Hall–Kier alpha value is -1.45. The summed E-state index contributed by atoms with van der Waals surface area (Å²) in [4.78, 5) is 2.51. The van der Waals surface area contributed by atoms with Crippen LogP contribution in [-0.4, -0.2) is 34.7 Å². The molecule has 4 heteroatoms.